The second-order valence-electron chi connectivity index (χ2n) is 9.41. The Morgan fingerprint density at radius 2 is 1.58 bits per heavy atom. The maximum atomic E-state index is 12.8. The SMILES string of the molecule is O=C(NC(CC1CC1)C(=O)NC1CC(C(=O)O)C1)OCC1c2ccccc2-c2ccccc21. The molecule has 2 amide bonds. The molecule has 0 radical (unpaired) electrons. The van der Waals surface area contributed by atoms with Gasteiger partial charge in [-0.3, -0.25) is 9.59 Å². The van der Waals surface area contributed by atoms with Gasteiger partial charge in [-0.25, -0.2) is 4.79 Å². The van der Waals surface area contributed by atoms with Crippen LogP contribution in [0, 0.1) is 11.8 Å². The normalized spacial score (nSPS) is 21.8. The minimum absolute atomic E-state index is 0.0400. The third kappa shape index (κ3) is 4.58. The summed E-state index contributed by atoms with van der Waals surface area (Å²) in [6, 6.07) is 15.5. The summed E-state index contributed by atoms with van der Waals surface area (Å²) in [5.74, 6) is -1.09. The molecule has 1 unspecified atom stereocenters. The first-order valence-electron chi connectivity index (χ1n) is 11.6. The smallest absolute Gasteiger partial charge is 0.407 e. The van der Waals surface area contributed by atoms with Crippen molar-refractivity contribution in [2.75, 3.05) is 6.61 Å². The van der Waals surface area contributed by atoms with Gasteiger partial charge in [-0.2, -0.15) is 0 Å². The molecule has 33 heavy (non-hydrogen) atoms. The Balaban J connectivity index is 1.19. The van der Waals surface area contributed by atoms with Crippen molar-refractivity contribution in [3.63, 3.8) is 0 Å². The Morgan fingerprint density at radius 3 is 2.15 bits per heavy atom. The summed E-state index contributed by atoms with van der Waals surface area (Å²) >= 11 is 0. The van der Waals surface area contributed by atoms with Crippen LogP contribution in [0.15, 0.2) is 48.5 Å². The quantitative estimate of drug-likeness (QED) is 0.572. The number of ether oxygens (including phenoxy) is 1. The van der Waals surface area contributed by atoms with Gasteiger partial charge in [-0.05, 0) is 47.4 Å². The number of carbonyl (C=O) groups is 3. The molecule has 1 atom stereocenters. The largest absolute Gasteiger partial charge is 0.481 e. The highest BCUT2D eigenvalue weighted by atomic mass is 16.5. The molecule has 0 aliphatic heterocycles. The van der Waals surface area contributed by atoms with Crippen molar-refractivity contribution >= 4 is 18.0 Å². The first kappa shape index (κ1) is 21.5. The topological polar surface area (TPSA) is 105 Å². The van der Waals surface area contributed by atoms with Crippen LogP contribution in [0.3, 0.4) is 0 Å². The van der Waals surface area contributed by atoms with Crippen molar-refractivity contribution in [1.82, 2.24) is 10.6 Å². The minimum Gasteiger partial charge on any atom is -0.481 e. The van der Waals surface area contributed by atoms with Crippen molar-refractivity contribution in [2.45, 2.75) is 50.1 Å². The zero-order valence-corrected chi connectivity index (χ0v) is 18.3. The van der Waals surface area contributed by atoms with Crippen molar-refractivity contribution in [3.8, 4) is 11.1 Å². The lowest BCUT2D eigenvalue weighted by Crippen LogP contribution is -2.54. The number of carbonyl (C=O) groups excluding carboxylic acids is 2. The van der Waals surface area contributed by atoms with E-state index in [1.807, 2.05) is 24.3 Å². The standard InChI is InChI=1S/C26H28N2O5/c29-24(27-17-12-16(13-17)25(30)31)23(11-15-9-10-15)28-26(32)33-14-22-20-7-3-1-5-18(20)19-6-2-4-8-21(19)22/h1-8,15-17,22-23H,9-14H2,(H,27,29)(H,28,32)(H,30,31). The van der Waals surface area contributed by atoms with Crippen molar-refractivity contribution in [1.29, 1.82) is 0 Å². The summed E-state index contributed by atoms with van der Waals surface area (Å²) in [6.07, 6.45) is 2.95. The lowest BCUT2D eigenvalue weighted by atomic mass is 9.80. The summed E-state index contributed by atoms with van der Waals surface area (Å²) in [5.41, 5.74) is 4.59. The fourth-order valence-corrected chi connectivity index (χ4v) is 4.94. The predicted octanol–water partition coefficient (Wildman–Crippen LogP) is 3.67. The van der Waals surface area contributed by atoms with E-state index in [0.29, 0.717) is 25.2 Å². The number of alkyl carbamates (subject to hydrolysis) is 1. The maximum Gasteiger partial charge on any atom is 0.407 e. The minimum atomic E-state index is -0.827. The van der Waals surface area contributed by atoms with Gasteiger partial charge in [0.25, 0.3) is 0 Å². The third-order valence-corrected chi connectivity index (χ3v) is 7.05. The Morgan fingerprint density at radius 1 is 0.970 bits per heavy atom. The number of rotatable bonds is 8. The van der Waals surface area contributed by atoms with E-state index >= 15 is 0 Å². The highest BCUT2D eigenvalue weighted by molar-refractivity contribution is 5.86. The van der Waals surface area contributed by atoms with E-state index in [0.717, 1.165) is 35.1 Å². The molecule has 3 aliphatic rings. The molecule has 2 fully saturated rings. The third-order valence-electron chi connectivity index (χ3n) is 7.05. The molecule has 0 bridgehead atoms. The second-order valence-corrected chi connectivity index (χ2v) is 9.41. The van der Waals surface area contributed by atoms with Gasteiger partial charge in [0.2, 0.25) is 5.91 Å². The van der Waals surface area contributed by atoms with Gasteiger partial charge in [0.15, 0.2) is 0 Å². The number of carboxylic acid groups (broad SMARTS) is 1. The lowest BCUT2D eigenvalue weighted by molar-refractivity contribution is -0.146. The summed E-state index contributed by atoms with van der Waals surface area (Å²) in [4.78, 5) is 36.4. The first-order valence-corrected chi connectivity index (χ1v) is 11.6. The van der Waals surface area contributed by atoms with Crippen LogP contribution in [0.2, 0.25) is 0 Å². The number of hydrogen-bond donors (Lipinski definition) is 3. The molecular weight excluding hydrogens is 420 g/mol. The molecule has 3 N–H and O–H groups in total. The molecule has 7 heteroatoms. The van der Waals surface area contributed by atoms with E-state index in [4.69, 9.17) is 9.84 Å². The molecule has 0 spiro atoms. The molecule has 2 aromatic rings. The predicted molar refractivity (Wildman–Crippen MR) is 122 cm³/mol. The van der Waals surface area contributed by atoms with Gasteiger partial charge in [-0.1, -0.05) is 61.4 Å². The Hall–Kier alpha value is -3.35. The maximum absolute atomic E-state index is 12.8. The molecule has 0 heterocycles. The molecule has 7 nitrogen and oxygen atoms in total. The molecular formula is C26H28N2O5. The Labute approximate surface area is 192 Å². The van der Waals surface area contributed by atoms with Gasteiger partial charge in [-0.15, -0.1) is 0 Å². The van der Waals surface area contributed by atoms with E-state index in [1.54, 1.807) is 0 Å². The second kappa shape index (κ2) is 8.89. The fraction of sp³-hybridized carbons (Fsp3) is 0.423. The molecule has 172 valence electrons. The van der Waals surface area contributed by atoms with Crippen LogP contribution in [0.5, 0.6) is 0 Å². The monoisotopic (exact) mass is 448 g/mol. The van der Waals surface area contributed by atoms with Gasteiger partial charge in [0.05, 0.1) is 5.92 Å². The molecule has 3 aliphatic carbocycles. The fourth-order valence-electron chi connectivity index (χ4n) is 4.94. The average Bonchev–Trinajstić information content (AvgIpc) is 3.54. The van der Waals surface area contributed by atoms with Crippen LogP contribution in [-0.4, -0.2) is 41.8 Å². The Kier molecular flexibility index (Phi) is 5.79. The summed E-state index contributed by atoms with van der Waals surface area (Å²) in [6.45, 7) is 0.195. The van der Waals surface area contributed by atoms with Crippen molar-refractivity contribution in [3.05, 3.63) is 59.7 Å². The van der Waals surface area contributed by atoms with Crippen LogP contribution in [0.1, 0.15) is 49.1 Å². The van der Waals surface area contributed by atoms with Crippen LogP contribution in [0.25, 0.3) is 11.1 Å². The van der Waals surface area contributed by atoms with Gasteiger partial charge in [0, 0.05) is 12.0 Å². The highest BCUT2D eigenvalue weighted by Crippen LogP contribution is 2.44. The zero-order valence-electron chi connectivity index (χ0n) is 18.3. The van der Waals surface area contributed by atoms with E-state index in [-0.39, 0.29) is 24.5 Å². The molecule has 2 saturated carbocycles. The van der Waals surface area contributed by atoms with Crippen molar-refractivity contribution < 1.29 is 24.2 Å². The number of aliphatic carboxylic acids is 1. The number of amides is 2. The molecule has 5 rings (SSSR count). The number of nitrogens with one attached hydrogen (secondary N) is 2. The lowest BCUT2D eigenvalue weighted by Gasteiger charge is -2.34. The molecule has 0 saturated heterocycles. The van der Waals surface area contributed by atoms with E-state index in [9.17, 15) is 14.4 Å². The number of hydrogen-bond acceptors (Lipinski definition) is 4. The van der Waals surface area contributed by atoms with Gasteiger partial charge >= 0.3 is 12.1 Å². The van der Waals surface area contributed by atoms with E-state index < -0.39 is 24.0 Å². The summed E-state index contributed by atoms with van der Waals surface area (Å²) < 4.78 is 5.61. The zero-order chi connectivity index (χ0) is 22.9. The summed E-state index contributed by atoms with van der Waals surface area (Å²) in [7, 11) is 0. The Bertz CT molecular complexity index is 1030. The average molecular weight is 449 g/mol. The number of benzene rings is 2. The van der Waals surface area contributed by atoms with Crippen molar-refractivity contribution in [2.24, 2.45) is 11.8 Å². The highest BCUT2D eigenvalue weighted by Gasteiger charge is 2.38. The van der Waals surface area contributed by atoms with Gasteiger partial charge in [0.1, 0.15) is 12.6 Å². The number of carboxylic acids is 1. The van der Waals surface area contributed by atoms with Crippen LogP contribution >= 0.6 is 0 Å². The van der Waals surface area contributed by atoms with Crippen LogP contribution in [0.4, 0.5) is 4.79 Å². The van der Waals surface area contributed by atoms with E-state index in [2.05, 4.69) is 34.9 Å². The summed E-state index contributed by atoms with van der Waals surface area (Å²) in [5, 5.41) is 14.7. The molecule has 0 aromatic heterocycles. The van der Waals surface area contributed by atoms with Crippen LogP contribution in [-0.2, 0) is 14.3 Å². The van der Waals surface area contributed by atoms with E-state index in [1.165, 1.54) is 0 Å². The molecule has 2 aromatic carbocycles. The first-order chi connectivity index (χ1) is 16.0. The number of fused-ring (bicyclic) bond motifs is 3. The van der Waals surface area contributed by atoms with Gasteiger partial charge < -0.3 is 20.5 Å². The van der Waals surface area contributed by atoms with Crippen LogP contribution < -0.4 is 10.6 Å².